The molecule has 2 rings (SSSR count). The summed E-state index contributed by atoms with van der Waals surface area (Å²) >= 11 is 7.53. The van der Waals surface area contributed by atoms with E-state index < -0.39 is 0 Å². The lowest BCUT2D eigenvalue weighted by molar-refractivity contribution is -0.114. The Hall–Kier alpha value is -2.03. The van der Waals surface area contributed by atoms with Crippen molar-refractivity contribution in [2.24, 2.45) is 0 Å². The molecule has 0 unspecified atom stereocenters. The zero-order valence-corrected chi connectivity index (χ0v) is 12.3. The van der Waals surface area contributed by atoms with Crippen LogP contribution in [0.25, 0.3) is 0 Å². The molecule has 4 nitrogen and oxygen atoms in total. The van der Waals surface area contributed by atoms with E-state index in [1.165, 1.54) is 6.92 Å². The average Bonchev–Trinajstić information content (AvgIpc) is 2.83. The van der Waals surface area contributed by atoms with Gasteiger partial charge >= 0.3 is 0 Å². The molecule has 0 fully saturated rings. The molecule has 6 heteroatoms. The highest BCUT2D eigenvalue weighted by molar-refractivity contribution is 7.10. The number of nitriles is 1. The summed E-state index contributed by atoms with van der Waals surface area (Å²) in [6.07, 6.45) is 0. The zero-order chi connectivity index (χ0) is 14.5. The number of hydrogen-bond donors (Lipinski definition) is 2. The summed E-state index contributed by atoms with van der Waals surface area (Å²) in [7, 11) is 0. The summed E-state index contributed by atoms with van der Waals surface area (Å²) in [4.78, 5) is 12.1. The quantitative estimate of drug-likeness (QED) is 0.902. The molecule has 0 spiro atoms. The molecule has 1 heterocycles. The van der Waals surface area contributed by atoms with Gasteiger partial charge in [0.15, 0.2) is 0 Å². The van der Waals surface area contributed by atoms with Crippen LogP contribution in [0.2, 0.25) is 5.02 Å². The Kier molecular flexibility index (Phi) is 4.61. The number of nitrogens with zero attached hydrogens (tertiary/aromatic N) is 1. The SMILES string of the molecule is CC(=O)Nc1ccsc1CNc1ccc(C#N)c(Cl)c1. The monoisotopic (exact) mass is 305 g/mol. The molecule has 0 saturated heterocycles. The molecule has 2 N–H and O–H groups in total. The van der Waals surface area contributed by atoms with Gasteiger partial charge in [-0.05, 0) is 29.6 Å². The summed E-state index contributed by atoms with van der Waals surface area (Å²) in [5, 5.41) is 17.2. The zero-order valence-electron chi connectivity index (χ0n) is 10.7. The van der Waals surface area contributed by atoms with Gasteiger partial charge in [-0.25, -0.2) is 0 Å². The molecule has 0 radical (unpaired) electrons. The van der Waals surface area contributed by atoms with E-state index in [2.05, 4.69) is 10.6 Å². The van der Waals surface area contributed by atoms with E-state index in [-0.39, 0.29) is 5.91 Å². The number of benzene rings is 1. The van der Waals surface area contributed by atoms with Crippen molar-refractivity contribution >= 4 is 40.2 Å². The molecule has 2 aromatic rings. The first-order valence-electron chi connectivity index (χ1n) is 5.87. The first kappa shape index (κ1) is 14.4. The minimum atomic E-state index is -0.0916. The number of hydrogen-bond acceptors (Lipinski definition) is 4. The third-order valence-corrected chi connectivity index (χ3v) is 3.83. The van der Waals surface area contributed by atoms with Gasteiger partial charge in [-0.15, -0.1) is 11.3 Å². The largest absolute Gasteiger partial charge is 0.380 e. The number of nitrogens with one attached hydrogen (secondary N) is 2. The smallest absolute Gasteiger partial charge is 0.221 e. The van der Waals surface area contributed by atoms with Crippen LogP contribution in [0.15, 0.2) is 29.6 Å². The molecule has 102 valence electrons. The van der Waals surface area contributed by atoms with Gasteiger partial charge in [-0.1, -0.05) is 11.6 Å². The number of carbonyl (C=O) groups excluding carboxylic acids is 1. The van der Waals surface area contributed by atoms with Gasteiger partial charge in [0.25, 0.3) is 0 Å². The second kappa shape index (κ2) is 6.42. The van der Waals surface area contributed by atoms with Gasteiger partial charge in [0.2, 0.25) is 5.91 Å². The number of halogens is 1. The lowest BCUT2D eigenvalue weighted by Gasteiger charge is -2.08. The van der Waals surface area contributed by atoms with E-state index in [1.807, 2.05) is 17.5 Å². The average molecular weight is 306 g/mol. The van der Waals surface area contributed by atoms with E-state index in [0.29, 0.717) is 17.1 Å². The Labute approximate surface area is 126 Å². The number of anilines is 2. The summed E-state index contributed by atoms with van der Waals surface area (Å²) in [6, 6.07) is 9.08. The van der Waals surface area contributed by atoms with E-state index >= 15 is 0 Å². The van der Waals surface area contributed by atoms with Gasteiger partial charge in [0.05, 0.1) is 22.8 Å². The van der Waals surface area contributed by atoms with Crippen LogP contribution in [0, 0.1) is 11.3 Å². The fourth-order valence-electron chi connectivity index (χ4n) is 1.68. The maximum atomic E-state index is 11.1. The molecule has 20 heavy (non-hydrogen) atoms. The normalized spacial score (nSPS) is 9.85. The van der Waals surface area contributed by atoms with E-state index in [4.69, 9.17) is 16.9 Å². The molecule has 0 aliphatic carbocycles. The summed E-state index contributed by atoms with van der Waals surface area (Å²) in [6.45, 7) is 2.06. The van der Waals surface area contributed by atoms with Gasteiger partial charge in [0, 0.05) is 17.5 Å². The van der Waals surface area contributed by atoms with Crippen LogP contribution in [0.5, 0.6) is 0 Å². The second-order valence-corrected chi connectivity index (χ2v) is 5.51. The highest BCUT2D eigenvalue weighted by atomic mass is 35.5. The van der Waals surface area contributed by atoms with Crippen LogP contribution >= 0.6 is 22.9 Å². The van der Waals surface area contributed by atoms with E-state index in [9.17, 15) is 4.79 Å². The standard InChI is InChI=1S/C14H12ClN3OS/c1-9(19)18-13-4-5-20-14(13)8-17-11-3-2-10(7-16)12(15)6-11/h2-6,17H,8H2,1H3,(H,18,19). The van der Waals surface area contributed by atoms with Crippen molar-refractivity contribution in [2.45, 2.75) is 13.5 Å². The highest BCUT2D eigenvalue weighted by Crippen LogP contribution is 2.25. The maximum absolute atomic E-state index is 11.1. The maximum Gasteiger partial charge on any atom is 0.221 e. The van der Waals surface area contributed by atoms with Crippen molar-refractivity contribution in [1.29, 1.82) is 5.26 Å². The Morgan fingerprint density at radius 3 is 2.90 bits per heavy atom. The van der Waals surface area contributed by atoms with Crippen molar-refractivity contribution < 1.29 is 4.79 Å². The van der Waals surface area contributed by atoms with E-state index in [0.717, 1.165) is 16.3 Å². The first-order chi connectivity index (χ1) is 9.60. The number of thiophene rings is 1. The van der Waals surface area contributed by atoms with Crippen molar-refractivity contribution in [1.82, 2.24) is 0 Å². The number of rotatable bonds is 4. The molecule has 0 saturated carbocycles. The van der Waals surface area contributed by atoms with E-state index in [1.54, 1.807) is 29.5 Å². The predicted molar refractivity (Wildman–Crippen MR) is 82.1 cm³/mol. The minimum Gasteiger partial charge on any atom is -0.380 e. The molecular formula is C14H12ClN3OS. The lowest BCUT2D eigenvalue weighted by atomic mass is 10.2. The molecule has 1 amide bonds. The van der Waals surface area contributed by atoms with Crippen molar-refractivity contribution in [3.63, 3.8) is 0 Å². The molecule has 1 aromatic heterocycles. The van der Waals surface area contributed by atoms with Crippen LogP contribution in [-0.2, 0) is 11.3 Å². The van der Waals surface area contributed by atoms with Crippen LogP contribution in [0.3, 0.4) is 0 Å². The van der Waals surface area contributed by atoms with Gasteiger partial charge in [0.1, 0.15) is 6.07 Å². The van der Waals surface area contributed by atoms with Crippen LogP contribution < -0.4 is 10.6 Å². The van der Waals surface area contributed by atoms with Crippen molar-refractivity contribution in [3.05, 3.63) is 45.1 Å². The predicted octanol–water partition coefficient (Wildman–Crippen LogP) is 3.84. The Balaban J connectivity index is 2.06. The summed E-state index contributed by atoms with van der Waals surface area (Å²) in [5.41, 5.74) is 2.10. The molecule has 0 atom stereocenters. The lowest BCUT2D eigenvalue weighted by Crippen LogP contribution is -2.08. The van der Waals surface area contributed by atoms with Crippen LogP contribution in [-0.4, -0.2) is 5.91 Å². The molecule has 0 bridgehead atoms. The topological polar surface area (TPSA) is 64.9 Å². The third kappa shape index (κ3) is 3.50. The van der Waals surface area contributed by atoms with Crippen LogP contribution in [0.4, 0.5) is 11.4 Å². The Bertz CT molecular complexity index is 675. The minimum absolute atomic E-state index is 0.0916. The first-order valence-corrected chi connectivity index (χ1v) is 7.13. The number of amides is 1. The Morgan fingerprint density at radius 2 is 2.25 bits per heavy atom. The van der Waals surface area contributed by atoms with Crippen molar-refractivity contribution in [2.75, 3.05) is 10.6 Å². The highest BCUT2D eigenvalue weighted by Gasteiger charge is 2.06. The fraction of sp³-hybridized carbons (Fsp3) is 0.143. The second-order valence-electron chi connectivity index (χ2n) is 4.10. The summed E-state index contributed by atoms with van der Waals surface area (Å²) < 4.78 is 0. The fourth-order valence-corrected chi connectivity index (χ4v) is 2.67. The molecule has 0 aliphatic heterocycles. The molecule has 0 aliphatic rings. The van der Waals surface area contributed by atoms with Gasteiger partial charge < -0.3 is 10.6 Å². The Morgan fingerprint density at radius 1 is 1.45 bits per heavy atom. The number of carbonyl (C=O) groups is 1. The molecular weight excluding hydrogens is 294 g/mol. The van der Waals surface area contributed by atoms with Crippen molar-refractivity contribution in [3.8, 4) is 6.07 Å². The summed E-state index contributed by atoms with van der Waals surface area (Å²) in [5.74, 6) is -0.0916. The molecule has 1 aromatic carbocycles. The third-order valence-electron chi connectivity index (χ3n) is 2.60. The van der Waals surface area contributed by atoms with Gasteiger partial charge in [-0.2, -0.15) is 5.26 Å². The van der Waals surface area contributed by atoms with Gasteiger partial charge in [-0.3, -0.25) is 4.79 Å². The van der Waals surface area contributed by atoms with Crippen LogP contribution in [0.1, 0.15) is 17.4 Å².